The zero-order chi connectivity index (χ0) is 25.0. The molecule has 1 fully saturated rings. The number of H-pyrrole nitrogens is 1. The molecule has 5 aromatic rings. The smallest absolute Gasteiger partial charge is 0.229 e. The first-order valence-electron chi connectivity index (χ1n) is 11.3. The Morgan fingerprint density at radius 1 is 0.972 bits per heavy atom. The number of aromatic amines is 1. The summed E-state index contributed by atoms with van der Waals surface area (Å²) in [6.45, 7) is -0.572. The average molecular weight is 490 g/mol. The maximum atomic E-state index is 13.3. The Hall–Kier alpha value is -3.80. The van der Waals surface area contributed by atoms with Crippen LogP contribution in [0, 0.1) is 0 Å². The summed E-state index contributed by atoms with van der Waals surface area (Å²) in [6.07, 6.45) is -5.75. The van der Waals surface area contributed by atoms with E-state index in [0.29, 0.717) is 11.2 Å². The Bertz CT molecular complexity index is 1640. The van der Waals surface area contributed by atoms with Crippen LogP contribution in [0.15, 0.2) is 70.1 Å². The lowest BCUT2D eigenvalue weighted by atomic mass is 9.99. The van der Waals surface area contributed by atoms with Crippen LogP contribution in [0.5, 0.6) is 5.75 Å². The van der Waals surface area contributed by atoms with Gasteiger partial charge in [-0.05, 0) is 23.6 Å². The highest BCUT2D eigenvalue weighted by Crippen LogP contribution is 2.29. The molecule has 5 atom stereocenters. The van der Waals surface area contributed by atoms with E-state index in [4.69, 9.17) is 13.9 Å². The summed E-state index contributed by atoms with van der Waals surface area (Å²) >= 11 is 0. The molecule has 10 heteroatoms. The number of ether oxygens (including phenoxy) is 2. The number of aliphatic hydroxyl groups excluding tert-OH is 4. The van der Waals surface area contributed by atoms with Gasteiger partial charge in [0.25, 0.3) is 0 Å². The molecule has 3 aromatic carbocycles. The average Bonchev–Trinajstić information content (AvgIpc) is 3.34. The van der Waals surface area contributed by atoms with Gasteiger partial charge in [0, 0.05) is 11.5 Å². The number of benzene rings is 3. The van der Waals surface area contributed by atoms with Crippen molar-refractivity contribution >= 4 is 32.8 Å². The lowest BCUT2D eigenvalue weighted by molar-refractivity contribution is -0.277. The van der Waals surface area contributed by atoms with Crippen molar-refractivity contribution < 1.29 is 34.3 Å². The van der Waals surface area contributed by atoms with Crippen LogP contribution in [-0.4, -0.2) is 67.7 Å². The molecule has 5 N–H and O–H groups in total. The van der Waals surface area contributed by atoms with Gasteiger partial charge in [-0.2, -0.15) is 0 Å². The highest BCUT2D eigenvalue weighted by Gasteiger charge is 2.44. The third-order valence-electron chi connectivity index (χ3n) is 6.48. The van der Waals surface area contributed by atoms with Gasteiger partial charge in [0.2, 0.25) is 11.7 Å². The van der Waals surface area contributed by atoms with Gasteiger partial charge >= 0.3 is 0 Å². The number of hydrogen-bond acceptors (Lipinski definition) is 9. The molecule has 1 saturated heterocycles. The number of rotatable bonds is 4. The first-order valence-corrected chi connectivity index (χ1v) is 11.3. The molecule has 0 saturated carbocycles. The Morgan fingerprint density at radius 3 is 2.64 bits per heavy atom. The second kappa shape index (κ2) is 8.70. The van der Waals surface area contributed by atoms with E-state index < -0.39 is 37.3 Å². The fourth-order valence-corrected chi connectivity index (χ4v) is 4.52. The summed E-state index contributed by atoms with van der Waals surface area (Å²) in [5.74, 6) is 0.580. The molecule has 0 spiro atoms. The number of aromatic nitrogens is 2. The molecular weight excluding hydrogens is 468 g/mol. The zero-order valence-electron chi connectivity index (χ0n) is 18.7. The third-order valence-corrected chi connectivity index (χ3v) is 6.48. The van der Waals surface area contributed by atoms with Crippen molar-refractivity contribution in [3.05, 3.63) is 71.1 Å². The van der Waals surface area contributed by atoms with Crippen molar-refractivity contribution in [1.82, 2.24) is 9.97 Å². The van der Waals surface area contributed by atoms with Gasteiger partial charge in [-0.25, -0.2) is 4.98 Å². The molecule has 184 valence electrons. The second-order valence-corrected chi connectivity index (χ2v) is 8.72. The number of nitrogens with one attached hydrogen (secondary N) is 1. The molecule has 0 unspecified atom stereocenters. The molecule has 36 heavy (non-hydrogen) atoms. The van der Waals surface area contributed by atoms with Gasteiger partial charge in [-0.15, -0.1) is 0 Å². The fraction of sp³-hybridized carbons (Fsp3) is 0.231. The van der Waals surface area contributed by atoms with Gasteiger partial charge in [0.1, 0.15) is 53.4 Å². The van der Waals surface area contributed by atoms with Gasteiger partial charge < -0.3 is 39.3 Å². The van der Waals surface area contributed by atoms with Gasteiger partial charge in [-0.3, -0.25) is 4.79 Å². The minimum Gasteiger partial charge on any atom is -0.463 e. The molecule has 0 radical (unpaired) electrons. The molecular formula is C26H22N2O8. The molecule has 2 aromatic heterocycles. The number of hydrogen-bond donors (Lipinski definition) is 5. The van der Waals surface area contributed by atoms with Crippen LogP contribution in [0.3, 0.4) is 0 Å². The molecule has 0 bridgehead atoms. The van der Waals surface area contributed by atoms with Crippen molar-refractivity contribution in [2.24, 2.45) is 0 Å². The van der Waals surface area contributed by atoms with E-state index >= 15 is 0 Å². The van der Waals surface area contributed by atoms with E-state index in [1.54, 1.807) is 0 Å². The molecule has 1 aliphatic heterocycles. The largest absolute Gasteiger partial charge is 0.463 e. The van der Waals surface area contributed by atoms with Crippen LogP contribution < -0.4 is 10.2 Å². The van der Waals surface area contributed by atoms with Crippen LogP contribution in [0.4, 0.5) is 0 Å². The molecule has 0 aliphatic carbocycles. The van der Waals surface area contributed by atoms with E-state index in [2.05, 4.69) is 9.97 Å². The Balaban J connectivity index is 1.33. The maximum Gasteiger partial charge on any atom is 0.229 e. The third kappa shape index (κ3) is 3.63. The first-order chi connectivity index (χ1) is 17.4. The monoisotopic (exact) mass is 490 g/mol. The van der Waals surface area contributed by atoms with Gasteiger partial charge in [0.15, 0.2) is 0 Å². The lowest BCUT2D eigenvalue weighted by Crippen LogP contribution is -2.60. The number of nitrogens with zero attached hydrogens (tertiary/aromatic N) is 1. The highest BCUT2D eigenvalue weighted by atomic mass is 16.7. The standard InChI is InChI=1S/C26H22N2O8/c29-10-19-22(31)23(32)24(33)26(36-19)35-13-6-7-15-18(9-13)34-11-16(21(15)30)25-27-17-8-5-12-3-1-2-4-14(12)20(17)28-25/h1-9,11,19,22-24,26,29,31-33H,10H2,(H,27,28)/t19-,22-,23+,24-,26-/m1/s1. The van der Waals surface area contributed by atoms with Gasteiger partial charge in [0.05, 0.1) is 23.0 Å². The fourth-order valence-electron chi connectivity index (χ4n) is 4.52. The molecule has 3 heterocycles. The molecule has 10 nitrogen and oxygen atoms in total. The van der Waals surface area contributed by atoms with E-state index in [-0.39, 0.29) is 22.3 Å². The topological polar surface area (TPSA) is 158 Å². The quantitative estimate of drug-likeness (QED) is 0.253. The Kier molecular flexibility index (Phi) is 5.47. The Labute approximate surface area is 203 Å². The molecule has 6 rings (SSSR count). The van der Waals surface area contributed by atoms with E-state index in [1.807, 2.05) is 36.4 Å². The summed E-state index contributed by atoms with van der Waals surface area (Å²) in [5.41, 5.74) is 1.76. The van der Waals surface area contributed by atoms with Crippen molar-refractivity contribution in [3.8, 4) is 17.1 Å². The summed E-state index contributed by atoms with van der Waals surface area (Å²) in [6, 6.07) is 16.2. The second-order valence-electron chi connectivity index (χ2n) is 8.72. The van der Waals surface area contributed by atoms with Gasteiger partial charge in [-0.1, -0.05) is 30.3 Å². The number of imidazole rings is 1. The van der Waals surface area contributed by atoms with Crippen molar-refractivity contribution in [2.75, 3.05) is 6.61 Å². The Morgan fingerprint density at radius 2 is 1.81 bits per heavy atom. The summed E-state index contributed by atoms with van der Waals surface area (Å²) in [7, 11) is 0. The summed E-state index contributed by atoms with van der Waals surface area (Å²) < 4.78 is 16.7. The molecule has 1 aliphatic rings. The van der Waals surface area contributed by atoms with Crippen LogP contribution >= 0.6 is 0 Å². The molecule has 0 amide bonds. The van der Waals surface area contributed by atoms with Crippen molar-refractivity contribution in [2.45, 2.75) is 30.7 Å². The normalized spacial score (nSPS) is 24.5. The van der Waals surface area contributed by atoms with E-state index in [0.717, 1.165) is 21.8 Å². The SMILES string of the molecule is O=c1c(-c2nc3c(ccc4ccccc43)[nH]2)coc2cc(O[C@@H]3O[C@H](CO)[C@@H](O)[C@H](O)[C@H]3O)ccc12. The van der Waals surface area contributed by atoms with E-state index in [9.17, 15) is 25.2 Å². The van der Waals surface area contributed by atoms with Crippen LogP contribution in [-0.2, 0) is 4.74 Å². The van der Waals surface area contributed by atoms with Crippen LogP contribution in [0.2, 0.25) is 0 Å². The predicted octanol–water partition coefficient (Wildman–Crippen LogP) is 1.67. The maximum absolute atomic E-state index is 13.3. The highest BCUT2D eigenvalue weighted by molar-refractivity contribution is 6.05. The zero-order valence-corrected chi connectivity index (χ0v) is 18.7. The van der Waals surface area contributed by atoms with Crippen molar-refractivity contribution in [1.29, 1.82) is 0 Å². The van der Waals surface area contributed by atoms with Crippen LogP contribution in [0.25, 0.3) is 44.2 Å². The minimum absolute atomic E-state index is 0.193. The van der Waals surface area contributed by atoms with E-state index in [1.165, 1.54) is 24.5 Å². The van der Waals surface area contributed by atoms with Crippen molar-refractivity contribution in [3.63, 3.8) is 0 Å². The number of fused-ring (bicyclic) bond motifs is 4. The lowest BCUT2D eigenvalue weighted by Gasteiger charge is -2.39. The predicted molar refractivity (Wildman–Crippen MR) is 129 cm³/mol. The summed E-state index contributed by atoms with van der Waals surface area (Å²) in [4.78, 5) is 21.1. The van der Waals surface area contributed by atoms with Crippen LogP contribution in [0.1, 0.15) is 0 Å². The minimum atomic E-state index is -1.57. The summed E-state index contributed by atoms with van der Waals surface area (Å²) in [5, 5.41) is 41.7. The number of aliphatic hydroxyl groups is 4. The first kappa shape index (κ1) is 22.7.